The van der Waals surface area contributed by atoms with Crippen LogP contribution in [0.3, 0.4) is 0 Å². The lowest BCUT2D eigenvalue weighted by Gasteiger charge is -2.05. The van der Waals surface area contributed by atoms with Gasteiger partial charge in [-0.25, -0.2) is 0 Å². The molecule has 1 aromatic rings. The number of benzene rings is 1. The van der Waals surface area contributed by atoms with Crippen molar-refractivity contribution in [3.8, 4) is 5.75 Å². The zero-order chi connectivity index (χ0) is 15.9. The number of carboxylic acid groups (broad SMARTS) is 1. The Labute approximate surface area is 126 Å². The van der Waals surface area contributed by atoms with E-state index in [1.54, 1.807) is 7.11 Å². The van der Waals surface area contributed by atoms with E-state index in [2.05, 4.69) is 0 Å². The molecule has 0 spiro atoms. The summed E-state index contributed by atoms with van der Waals surface area (Å²) in [6.07, 6.45) is 4.18. The molecule has 1 rings (SSSR count). The Hall–Kier alpha value is -1.59. The van der Waals surface area contributed by atoms with Crippen molar-refractivity contribution in [2.24, 2.45) is 0 Å². The third-order valence-corrected chi connectivity index (χ3v) is 2.62. The Morgan fingerprint density at radius 3 is 2.19 bits per heavy atom. The summed E-state index contributed by atoms with van der Waals surface area (Å²) in [4.78, 5) is 9.00. The van der Waals surface area contributed by atoms with Crippen molar-refractivity contribution in [2.75, 3.05) is 20.3 Å². The normalized spacial score (nSPS) is 9.67. The van der Waals surface area contributed by atoms with Gasteiger partial charge >= 0.3 is 0 Å². The number of ether oxygens (including phenoxy) is 2. The van der Waals surface area contributed by atoms with E-state index in [9.17, 15) is 0 Å². The molecule has 0 atom stereocenters. The Kier molecular flexibility index (Phi) is 12.4. The predicted molar refractivity (Wildman–Crippen MR) is 81.5 cm³/mol. The number of carbonyl (C=O) groups is 1. The largest absolute Gasteiger partial charge is 0.497 e. The fraction of sp³-hybridized carbons (Fsp3) is 0.562. The van der Waals surface area contributed by atoms with Gasteiger partial charge in [0.1, 0.15) is 5.75 Å². The van der Waals surface area contributed by atoms with Gasteiger partial charge in [0.15, 0.2) is 0 Å². The molecule has 0 fully saturated rings. The molecular formula is C16H26O5. The highest BCUT2D eigenvalue weighted by Crippen LogP contribution is 2.12. The fourth-order valence-electron chi connectivity index (χ4n) is 1.58. The first-order valence-corrected chi connectivity index (χ1v) is 7.11. The molecule has 0 aliphatic carbocycles. The topological polar surface area (TPSA) is 76.0 Å². The Balaban J connectivity index is 0.000000885. The molecule has 5 heteroatoms. The molecule has 0 unspecified atom stereocenters. The molecule has 0 amide bonds. The Morgan fingerprint density at radius 1 is 1.10 bits per heavy atom. The summed E-state index contributed by atoms with van der Waals surface area (Å²) in [6, 6.07) is 7.93. The van der Waals surface area contributed by atoms with E-state index in [1.807, 2.05) is 24.3 Å². The molecule has 120 valence electrons. The summed E-state index contributed by atoms with van der Waals surface area (Å²) in [5, 5.41) is 16.0. The first-order chi connectivity index (χ1) is 10.1. The average Bonchev–Trinajstić information content (AvgIpc) is 2.46. The predicted octanol–water partition coefficient (Wildman–Crippen LogP) is 2.86. The van der Waals surface area contributed by atoms with Gasteiger partial charge in [-0.1, -0.05) is 25.0 Å². The molecular weight excluding hydrogens is 272 g/mol. The molecule has 0 aliphatic heterocycles. The second-order valence-corrected chi connectivity index (χ2v) is 4.56. The second kappa shape index (κ2) is 13.4. The van der Waals surface area contributed by atoms with Gasteiger partial charge in [0.25, 0.3) is 5.97 Å². The van der Waals surface area contributed by atoms with Crippen LogP contribution in [-0.2, 0) is 16.1 Å². The molecule has 5 nitrogen and oxygen atoms in total. The van der Waals surface area contributed by atoms with Crippen molar-refractivity contribution in [3.05, 3.63) is 29.8 Å². The van der Waals surface area contributed by atoms with E-state index in [0.717, 1.165) is 45.0 Å². The van der Waals surface area contributed by atoms with Crippen LogP contribution in [0.2, 0.25) is 0 Å². The van der Waals surface area contributed by atoms with E-state index in [0.29, 0.717) is 13.2 Å². The van der Waals surface area contributed by atoms with Gasteiger partial charge in [0, 0.05) is 20.1 Å². The van der Waals surface area contributed by atoms with Crippen molar-refractivity contribution < 1.29 is 24.5 Å². The maximum Gasteiger partial charge on any atom is 0.300 e. The van der Waals surface area contributed by atoms with Crippen molar-refractivity contribution in [1.29, 1.82) is 0 Å². The zero-order valence-corrected chi connectivity index (χ0v) is 12.9. The molecule has 0 heterocycles. The number of aliphatic carboxylic acids is 1. The number of aliphatic hydroxyl groups is 1. The first-order valence-electron chi connectivity index (χ1n) is 7.11. The quantitative estimate of drug-likeness (QED) is 0.686. The number of hydrogen-bond acceptors (Lipinski definition) is 4. The third-order valence-electron chi connectivity index (χ3n) is 2.62. The van der Waals surface area contributed by atoms with Crippen LogP contribution in [0.15, 0.2) is 24.3 Å². The number of unbranched alkanes of at least 4 members (excludes halogenated alkanes) is 3. The molecule has 0 saturated heterocycles. The summed E-state index contributed by atoms with van der Waals surface area (Å²) in [5.41, 5.74) is 1.17. The lowest BCUT2D eigenvalue weighted by molar-refractivity contribution is -0.134. The van der Waals surface area contributed by atoms with Crippen LogP contribution in [0.25, 0.3) is 0 Å². The Bertz CT molecular complexity index is 357. The summed E-state index contributed by atoms with van der Waals surface area (Å²) < 4.78 is 10.7. The van der Waals surface area contributed by atoms with Gasteiger partial charge in [-0.05, 0) is 30.5 Å². The third kappa shape index (κ3) is 13.2. The summed E-state index contributed by atoms with van der Waals surface area (Å²) in [6.45, 7) is 2.83. The van der Waals surface area contributed by atoms with E-state index < -0.39 is 5.97 Å². The molecule has 0 bridgehead atoms. The highest BCUT2D eigenvalue weighted by molar-refractivity contribution is 5.62. The van der Waals surface area contributed by atoms with Gasteiger partial charge in [-0.3, -0.25) is 4.79 Å². The van der Waals surface area contributed by atoms with Crippen LogP contribution in [0.5, 0.6) is 5.75 Å². The van der Waals surface area contributed by atoms with E-state index in [1.165, 1.54) is 5.56 Å². The number of rotatable bonds is 9. The molecule has 1 aromatic carbocycles. The molecule has 0 radical (unpaired) electrons. The van der Waals surface area contributed by atoms with Crippen LogP contribution in [-0.4, -0.2) is 36.5 Å². The van der Waals surface area contributed by atoms with Crippen LogP contribution < -0.4 is 4.74 Å². The van der Waals surface area contributed by atoms with Crippen LogP contribution in [0.4, 0.5) is 0 Å². The summed E-state index contributed by atoms with van der Waals surface area (Å²) in [5.74, 6) is 0.0396. The second-order valence-electron chi connectivity index (χ2n) is 4.56. The standard InChI is InChI=1S/C14H22O3.C2H4O2/c1-16-14-8-6-13(7-9-14)12-17-11-5-3-2-4-10-15;1-2(3)4/h6-9,15H,2-5,10-12H2,1H3;1H3,(H,3,4). The summed E-state index contributed by atoms with van der Waals surface area (Å²) >= 11 is 0. The lowest BCUT2D eigenvalue weighted by atomic mass is 10.2. The van der Waals surface area contributed by atoms with Gasteiger partial charge in [0.05, 0.1) is 13.7 Å². The van der Waals surface area contributed by atoms with Crippen molar-refractivity contribution in [1.82, 2.24) is 0 Å². The van der Waals surface area contributed by atoms with Crippen molar-refractivity contribution in [3.63, 3.8) is 0 Å². The minimum absolute atomic E-state index is 0.298. The smallest absolute Gasteiger partial charge is 0.300 e. The number of carboxylic acids is 1. The molecule has 0 aromatic heterocycles. The molecule has 0 saturated carbocycles. The first kappa shape index (κ1) is 19.4. The maximum atomic E-state index is 9.00. The maximum absolute atomic E-state index is 9.00. The average molecular weight is 298 g/mol. The SMILES string of the molecule is CC(=O)O.COc1ccc(COCCCCCCO)cc1. The highest BCUT2D eigenvalue weighted by atomic mass is 16.5. The van der Waals surface area contributed by atoms with Crippen molar-refractivity contribution in [2.45, 2.75) is 39.2 Å². The summed E-state index contributed by atoms with van der Waals surface area (Å²) in [7, 11) is 1.66. The number of aliphatic hydroxyl groups excluding tert-OH is 1. The van der Waals surface area contributed by atoms with E-state index in [4.69, 9.17) is 24.5 Å². The zero-order valence-electron chi connectivity index (χ0n) is 12.9. The van der Waals surface area contributed by atoms with Crippen molar-refractivity contribution >= 4 is 5.97 Å². The van der Waals surface area contributed by atoms with Crippen LogP contribution in [0.1, 0.15) is 38.2 Å². The van der Waals surface area contributed by atoms with Crippen LogP contribution in [0, 0.1) is 0 Å². The van der Waals surface area contributed by atoms with Gasteiger partial charge in [0.2, 0.25) is 0 Å². The van der Waals surface area contributed by atoms with Gasteiger partial charge < -0.3 is 19.7 Å². The highest BCUT2D eigenvalue weighted by Gasteiger charge is 1.95. The number of methoxy groups -OCH3 is 1. The molecule has 21 heavy (non-hydrogen) atoms. The number of hydrogen-bond donors (Lipinski definition) is 2. The van der Waals surface area contributed by atoms with Gasteiger partial charge in [-0.2, -0.15) is 0 Å². The fourth-order valence-corrected chi connectivity index (χ4v) is 1.58. The minimum Gasteiger partial charge on any atom is -0.497 e. The van der Waals surface area contributed by atoms with E-state index in [-0.39, 0.29) is 0 Å². The monoisotopic (exact) mass is 298 g/mol. The lowest BCUT2D eigenvalue weighted by Crippen LogP contribution is -1.96. The van der Waals surface area contributed by atoms with Gasteiger partial charge in [-0.15, -0.1) is 0 Å². The minimum atomic E-state index is -0.833. The Morgan fingerprint density at radius 2 is 1.67 bits per heavy atom. The molecule has 0 aliphatic rings. The molecule has 2 N–H and O–H groups in total. The van der Waals surface area contributed by atoms with E-state index >= 15 is 0 Å². The van der Waals surface area contributed by atoms with Crippen LogP contribution >= 0.6 is 0 Å².